The lowest BCUT2D eigenvalue weighted by Crippen LogP contribution is -2.47. The number of likely N-dealkylation sites (N-methyl/N-ethyl adjacent to an activating group) is 1. The number of nitrogens with zero attached hydrogens (tertiary/aromatic N) is 3. The van der Waals surface area contributed by atoms with Crippen molar-refractivity contribution in [3.8, 4) is 0 Å². The van der Waals surface area contributed by atoms with Crippen LogP contribution in [0, 0.1) is 6.92 Å². The Morgan fingerprint density at radius 2 is 1.87 bits per heavy atom. The number of hydrogen-bond donors (Lipinski definition) is 0. The third kappa shape index (κ3) is 4.18. The molecule has 1 aliphatic heterocycles. The highest BCUT2D eigenvalue weighted by Gasteiger charge is 2.21. The summed E-state index contributed by atoms with van der Waals surface area (Å²) in [6.45, 7) is 5.62. The van der Waals surface area contributed by atoms with Crippen LogP contribution in [0.25, 0.3) is 0 Å². The van der Waals surface area contributed by atoms with E-state index in [0.717, 1.165) is 48.2 Å². The predicted octanol–water partition coefficient (Wildman–Crippen LogP) is 2.36. The maximum Gasteiger partial charge on any atom is 0.227 e. The van der Waals surface area contributed by atoms with Gasteiger partial charge in [0.1, 0.15) is 0 Å². The van der Waals surface area contributed by atoms with Crippen molar-refractivity contribution in [2.24, 2.45) is 0 Å². The van der Waals surface area contributed by atoms with E-state index < -0.39 is 0 Å². The summed E-state index contributed by atoms with van der Waals surface area (Å²) in [7, 11) is 2.10. The van der Waals surface area contributed by atoms with Gasteiger partial charge in [-0.3, -0.25) is 4.79 Å². The number of aryl methyl sites for hydroxylation is 1. The first kappa shape index (κ1) is 16.1. The SMILES string of the molecule is Cc1nc(Cc2ccccc2)sc1CC(=O)N1CCN(C)CC1. The van der Waals surface area contributed by atoms with E-state index in [9.17, 15) is 4.79 Å². The van der Waals surface area contributed by atoms with E-state index in [4.69, 9.17) is 0 Å². The molecule has 1 aliphatic rings. The zero-order valence-electron chi connectivity index (χ0n) is 13.8. The molecule has 1 aromatic heterocycles. The van der Waals surface area contributed by atoms with Crippen molar-refractivity contribution in [1.82, 2.24) is 14.8 Å². The molecule has 5 heteroatoms. The van der Waals surface area contributed by atoms with E-state index >= 15 is 0 Å². The number of thiazole rings is 1. The number of aromatic nitrogens is 1. The molecule has 1 amide bonds. The number of rotatable bonds is 4. The molecule has 0 atom stereocenters. The average Bonchev–Trinajstić information content (AvgIpc) is 2.88. The highest BCUT2D eigenvalue weighted by atomic mass is 32.1. The largest absolute Gasteiger partial charge is 0.340 e. The van der Waals surface area contributed by atoms with E-state index in [1.165, 1.54) is 5.56 Å². The predicted molar refractivity (Wildman–Crippen MR) is 93.9 cm³/mol. The van der Waals surface area contributed by atoms with Gasteiger partial charge in [0.15, 0.2) is 0 Å². The number of amides is 1. The van der Waals surface area contributed by atoms with E-state index in [1.54, 1.807) is 11.3 Å². The molecular formula is C18H23N3OS. The van der Waals surface area contributed by atoms with Crippen molar-refractivity contribution >= 4 is 17.2 Å². The van der Waals surface area contributed by atoms with Gasteiger partial charge in [-0.15, -0.1) is 11.3 Å². The molecule has 0 spiro atoms. The van der Waals surface area contributed by atoms with Gasteiger partial charge in [-0.25, -0.2) is 4.98 Å². The van der Waals surface area contributed by atoms with Crippen LogP contribution < -0.4 is 0 Å². The van der Waals surface area contributed by atoms with Gasteiger partial charge in [0.2, 0.25) is 5.91 Å². The molecule has 1 fully saturated rings. The average molecular weight is 329 g/mol. The Morgan fingerprint density at radius 3 is 2.57 bits per heavy atom. The second kappa shape index (κ2) is 7.23. The van der Waals surface area contributed by atoms with Crippen LogP contribution >= 0.6 is 11.3 Å². The van der Waals surface area contributed by atoms with E-state index in [-0.39, 0.29) is 5.91 Å². The van der Waals surface area contributed by atoms with Crippen LogP contribution in [0.1, 0.15) is 21.1 Å². The number of carbonyl (C=O) groups is 1. The summed E-state index contributed by atoms with van der Waals surface area (Å²) in [5.41, 5.74) is 2.27. The first-order valence-electron chi connectivity index (χ1n) is 8.07. The van der Waals surface area contributed by atoms with Gasteiger partial charge in [0.05, 0.1) is 17.1 Å². The molecule has 0 N–H and O–H groups in total. The minimum Gasteiger partial charge on any atom is -0.340 e. The highest BCUT2D eigenvalue weighted by molar-refractivity contribution is 7.11. The summed E-state index contributed by atoms with van der Waals surface area (Å²) in [6, 6.07) is 10.4. The lowest BCUT2D eigenvalue weighted by Gasteiger charge is -2.32. The lowest BCUT2D eigenvalue weighted by atomic mass is 10.2. The standard InChI is InChI=1S/C18H23N3OS/c1-14-16(13-18(22)21-10-8-20(2)9-11-21)23-17(19-14)12-15-6-4-3-5-7-15/h3-7H,8-13H2,1-2H3. The maximum atomic E-state index is 12.5. The Hall–Kier alpha value is -1.72. The zero-order valence-corrected chi connectivity index (χ0v) is 14.6. The molecule has 0 radical (unpaired) electrons. The van der Waals surface area contributed by atoms with Crippen LogP contribution in [-0.4, -0.2) is 53.9 Å². The molecule has 0 unspecified atom stereocenters. The van der Waals surface area contributed by atoms with E-state index in [1.807, 2.05) is 30.0 Å². The molecular weight excluding hydrogens is 306 g/mol. The number of carbonyl (C=O) groups excluding carboxylic acids is 1. The fourth-order valence-electron chi connectivity index (χ4n) is 2.80. The molecule has 4 nitrogen and oxygen atoms in total. The van der Waals surface area contributed by atoms with Crippen LogP contribution in [0.5, 0.6) is 0 Å². The molecule has 122 valence electrons. The maximum absolute atomic E-state index is 12.5. The third-order valence-electron chi connectivity index (χ3n) is 4.30. The Labute approximate surface area is 141 Å². The van der Waals surface area contributed by atoms with Gasteiger partial charge in [-0.05, 0) is 19.5 Å². The molecule has 0 bridgehead atoms. The van der Waals surface area contributed by atoms with Gasteiger partial charge >= 0.3 is 0 Å². The molecule has 1 aromatic carbocycles. The summed E-state index contributed by atoms with van der Waals surface area (Å²) in [4.78, 5) is 22.5. The molecule has 0 saturated carbocycles. The minimum atomic E-state index is 0.233. The molecule has 3 rings (SSSR count). The number of piperazine rings is 1. The first-order chi connectivity index (χ1) is 11.1. The quantitative estimate of drug-likeness (QED) is 0.864. The van der Waals surface area contributed by atoms with Gasteiger partial charge in [0, 0.05) is 37.5 Å². The Balaban J connectivity index is 1.63. The third-order valence-corrected chi connectivity index (χ3v) is 5.46. The summed E-state index contributed by atoms with van der Waals surface area (Å²) >= 11 is 1.68. The van der Waals surface area contributed by atoms with Crippen LogP contribution in [-0.2, 0) is 17.6 Å². The van der Waals surface area contributed by atoms with Crippen molar-refractivity contribution in [2.75, 3.05) is 33.2 Å². The molecule has 0 aliphatic carbocycles. The van der Waals surface area contributed by atoms with Gasteiger partial charge in [-0.2, -0.15) is 0 Å². The molecule has 1 saturated heterocycles. The monoisotopic (exact) mass is 329 g/mol. The van der Waals surface area contributed by atoms with Crippen molar-refractivity contribution in [1.29, 1.82) is 0 Å². The molecule has 2 heterocycles. The van der Waals surface area contributed by atoms with E-state index in [0.29, 0.717) is 6.42 Å². The normalized spacial score (nSPS) is 15.8. The fraction of sp³-hybridized carbons (Fsp3) is 0.444. The van der Waals surface area contributed by atoms with Crippen LogP contribution in [0.3, 0.4) is 0 Å². The molecule has 2 aromatic rings. The second-order valence-electron chi connectivity index (χ2n) is 6.14. The smallest absolute Gasteiger partial charge is 0.227 e. The van der Waals surface area contributed by atoms with Crippen molar-refractivity contribution in [3.05, 3.63) is 51.5 Å². The molecule has 23 heavy (non-hydrogen) atoms. The second-order valence-corrected chi connectivity index (χ2v) is 7.31. The number of benzene rings is 1. The van der Waals surface area contributed by atoms with E-state index in [2.05, 4.69) is 29.1 Å². The Bertz CT molecular complexity index is 660. The zero-order chi connectivity index (χ0) is 16.2. The van der Waals surface area contributed by atoms with Gasteiger partial charge in [0.25, 0.3) is 0 Å². The summed E-state index contributed by atoms with van der Waals surface area (Å²) in [6.07, 6.45) is 1.33. The first-order valence-corrected chi connectivity index (χ1v) is 8.89. The lowest BCUT2D eigenvalue weighted by molar-refractivity contribution is -0.131. The van der Waals surface area contributed by atoms with Gasteiger partial charge < -0.3 is 9.80 Å². The minimum absolute atomic E-state index is 0.233. The summed E-state index contributed by atoms with van der Waals surface area (Å²) in [5.74, 6) is 0.233. The van der Waals surface area contributed by atoms with Gasteiger partial charge in [-0.1, -0.05) is 30.3 Å². The highest BCUT2D eigenvalue weighted by Crippen LogP contribution is 2.22. The number of hydrogen-bond acceptors (Lipinski definition) is 4. The summed E-state index contributed by atoms with van der Waals surface area (Å²) < 4.78 is 0. The Morgan fingerprint density at radius 1 is 1.17 bits per heavy atom. The van der Waals surface area contributed by atoms with Crippen LogP contribution in [0.2, 0.25) is 0 Å². The van der Waals surface area contributed by atoms with Crippen molar-refractivity contribution in [3.63, 3.8) is 0 Å². The Kier molecular flexibility index (Phi) is 5.08. The fourth-order valence-corrected chi connectivity index (χ4v) is 3.90. The van der Waals surface area contributed by atoms with Crippen LogP contribution in [0.4, 0.5) is 0 Å². The topological polar surface area (TPSA) is 36.4 Å². The summed E-state index contributed by atoms with van der Waals surface area (Å²) in [5, 5.41) is 1.09. The van der Waals surface area contributed by atoms with Crippen molar-refractivity contribution < 1.29 is 4.79 Å². The van der Waals surface area contributed by atoms with Crippen LogP contribution in [0.15, 0.2) is 30.3 Å². The van der Waals surface area contributed by atoms with Crippen molar-refractivity contribution in [2.45, 2.75) is 19.8 Å².